The molecule has 2 aromatic heterocycles. The van der Waals surface area contributed by atoms with Gasteiger partial charge < -0.3 is 4.74 Å². The second-order valence-electron chi connectivity index (χ2n) is 6.89. The van der Waals surface area contributed by atoms with Crippen LogP contribution in [0.4, 0.5) is 5.13 Å². The first-order chi connectivity index (χ1) is 15.1. The van der Waals surface area contributed by atoms with Gasteiger partial charge >= 0.3 is 0 Å². The molecule has 31 heavy (non-hydrogen) atoms. The molecular weight excluding hydrogens is 410 g/mol. The number of thiazole rings is 1. The Kier molecular flexibility index (Phi) is 6.18. The Morgan fingerprint density at radius 1 is 1.23 bits per heavy atom. The van der Waals surface area contributed by atoms with E-state index in [4.69, 9.17) is 4.74 Å². The van der Waals surface area contributed by atoms with Crippen molar-refractivity contribution in [2.45, 2.75) is 13.5 Å². The summed E-state index contributed by atoms with van der Waals surface area (Å²) in [4.78, 5) is 16.8. The largest absolute Gasteiger partial charge is 0.496 e. The number of nitrogens with zero attached hydrogens (tertiary/aromatic N) is 4. The summed E-state index contributed by atoms with van der Waals surface area (Å²) in [5.41, 5.74) is 4.50. The van der Waals surface area contributed by atoms with E-state index in [-0.39, 0.29) is 5.91 Å². The minimum absolute atomic E-state index is 0.283. The number of carbonyl (C=O) groups excluding carboxylic acids is 1. The van der Waals surface area contributed by atoms with E-state index in [9.17, 15) is 4.79 Å². The Balaban J connectivity index is 1.39. The van der Waals surface area contributed by atoms with E-state index < -0.39 is 0 Å². The molecule has 1 N–H and O–H groups in total. The zero-order chi connectivity index (χ0) is 21.6. The van der Waals surface area contributed by atoms with Gasteiger partial charge in [0.25, 0.3) is 0 Å². The highest BCUT2D eigenvalue weighted by molar-refractivity contribution is 7.14. The Labute approximate surface area is 184 Å². The fraction of sp³-hybridized carbons (Fsp3) is 0.130. The minimum Gasteiger partial charge on any atom is -0.496 e. The molecule has 0 aliphatic carbocycles. The lowest BCUT2D eigenvalue weighted by molar-refractivity contribution is -0.111. The number of anilines is 1. The summed E-state index contributed by atoms with van der Waals surface area (Å²) >= 11 is 1.36. The summed E-state index contributed by atoms with van der Waals surface area (Å²) in [6.07, 6.45) is 4.84. The van der Waals surface area contributed by atoms with Gasteiger partial charge in [-0.15, -0.1) is 16.4 Å². The van der Waals surface area contributed by atoms with E-state index in [0.717, 1.165) is 28.1 Å². The van der Waals surface area contributed by atoms with Gasteiger partial charge in [-0.1, -0.05) is 47.2 Å². The van der Waals surface area contributed by atoms with Gasteiger partial charge in [-0.2, -0.15) is 0 Å². The molecule has 4 aromatic rings. The number of ether oxygens (including phenoxy) is 1. The van der Waals surface area contributed by atoms with Crippen molar-refractivity contribution in [1.82, 2.24) is 20.0 Å². The summed E-state index contributed by atoms with van der Waals surface area (Å²) in [7, 11) is 1.63. The van der Waals surface area contributed by atoms with Gasteiger partial charge in [0.15, 0.2) is 5.13 Å². The van der Waals surface area contributed by atoms with Gasteiger partial charge in [-0.3, -0.25) is 10.1 Å². The molecule has 0 radical (unpaired) electrons. The molecule has 1 amide bonds. The molecule has 156 valence electrons. The first-order valence-electron chi connectivity index (χ1n) is 9.64. The first-order valence-corrected chi connectivity index (χ1v) is 10.5. The van der Waals surface area contributed by atoms with Gasteiger partial charge in [0.05, 0.1) is 25.5 Å². The minimum atomic E-state index is -0.283. The molecule has 0 atom stereocenters. The molecule has 0 spiro atoms. The van der Waals surface area contributed by atoms with Gasteiger partial charge in [0, 0.05) is 17.0 Å². The van der Waals surface area contributed by atoms with Gasteiger partial charge in [0.2, 0.25) is 5.91 Å². The highest BCUT2D eigenvalue weighted by atomic mass is 32.1. The monoisotopic (exact) mass is 431 g/mol. The third-order valence-electron chi connectivity index (χ3n) is 4.51. The molecule has 2 heterocycles. The van der Waals surface area contributed by atoms with Gasteiger partial charge in [-0.05, 0) is 30.7 Å². The van der Waals surface area contributed by atoms with E-state index in [1.807, 2.05) is 60.8 Å². The lowest BCUT2D eigenvalue weighted by atomic mass is 10.1. The molecule has 0 saturated carbocycles. The van der Waals surface area contributed by atoms with Crippen LogP contribution in [-0.2, 0) is 11.3 Å². The van der Waals surface area contributed by atoms with E-state index in [2.05, 4.69) is 20.6 Å². The average molecular weight is 432 g/mol. The number of methoxy groups -OCH3 is 1. The normalized spacial score (nSPS) is 11.0. The number of aryl methyl sites for hydroxylation is 1. The van der Waals surface area contributed by atoms with Crippen LogP contribution in [0.3, 0.4) is 0 Å². The number of rotatable bonds is 7. The third kappa shape index (κ3) is 5.23. The van der Waals surface area contributed by atoms with Crippen molar-refractivity contribution >= 4 is 28.5 Å². The Morgan fingerprint density at radius 3 is 2.87 bits per heavy atom. The summed E-state index contributed by atoms with van der Waals surface area (Å²) in [6, 6.07) is 15.9. The van der Waals surface area contributed by atoms with Gasteiger partial charge in [-0.25, -0.2) is 9.67 Å². The van der Waals surface area contributed by atoms with Crippen LogP contribution in [0.2, 0.25) is 0 Å². The molecule has 0 saturated heterocycles. The van der Waals surface area contributed by atoms with Crippen molar-refractivity contribution in [3.05, 3.63) is 83.0 Å². The lowest BCUT2D eigenvalue weighted by Crippen LogP contribution is -2.07. The quantitative estimate of drug-likeness (QED) is 0.438. The Morgan fingerprint density at radius 2 is 2.06 bits per heavy atom. The number of carbonyl (C=O) groups is 1. The number of benzene rings is 2. The molecule has 2 aromatic carbocycles. The van der Waals surface area contributed by atoms with E-state index in [0.29, 0.717) is 17.4 Å². The second kappa shape index (κ2) is 9.36. The molecule has 7 nitrogen and oxygen atoms in total. The van der Waals surface area contributed by atoms with Crippen LogP contribution < -0.4 is 10.1 Å². The van der Waals surface area contributed by atoms with Crippen molar-refractivity contribution in [3.8, 4) is 17.0 Å². The summed E-state index contributed by atoms with van der Waals surface area (Å²) in [5.74, 6) is 0.460. The number of hydrogen-bond donors (Lipinski definition) is 1. The standard InChI is InChI=1S/C23H21N5O2S/c1-16-8-10-21(30-2)19(12-16)20-15-31-23(24-20)25-22(29)11-9-18-14-28(27-26-18)13-17-6-4-3-5-7-17/h3-12,14-15H,13H2,1-2H3,(H,24,25,29)/b11-9+. The maximum atomic E-state index is 12.3. The van der Waals surface area contributed by atoms with Crippen LogP contribution in [0.5, 0.6) is 5.75 Å². The second-order valence-corrected chi connectivity index (χ2v) is 7.75. The number of nitrogens with one attached hydrogen (secondary N) is 1. The predicted molar refractivity (Wildman–Crippen MR) is 122 cm³/mol. The molecule has 0 fully saturated rings. The van der Waals surface area contributed by atoms with Crippen molar-refractivity contribution in [1.29, 1.82) is 0 Å². The molecule has 8 heteroatoms. The van der Waals surface area contributed by atoms with E-state index in [1.54, 1.807) is 24.1 Å². The zero-order valence-corrected chi connectivity index (χ0v) is 18.0. The molecule has 0 bridgehead atoms. The van der Waals surface area contributed by atoms with Crippen molar-refractivity contribution in [2.75, 3.05) is 12.4 Å². The fourth-order valence-corrected chi connectivity index (χ4v) is 3.74. The highest BCUT2D eigenvalue weighted by Crippen LogP contribution is 2.32. The molecule has 0 unspecified atom stereocenters. The van der Waals surface area contributed by atoms with Crippen LogP contribution in [-0.4, -0.2) is 33.0 Å². The maximum absolute atomic E-state index is 12.3. The third-order valence-corrected chi connectivity index (χ3v) is 5.27. The molecule has 4 rings (SSSR count). The van der Waals surface area contributed by atoms with Crippen LogP contribution in [0.25, 0.3) is 17.3 Å². The van der Waals surface area contributed by atoms with Crippen LogP contribution in [0, 0.1) is 6.92 Å². The van der Waals surface area contributed by atoms with Crippen LogP contribution in [0.1, 0.15) is 16.8 Å². The smallest absolute Gasteiger partial charge is 0.250 e. The Bertz CT molecular complexity index is 1210. The number of amides is 1. The van der Waals surface area contributed by atoms with Gasteiger partial charge in [0.1, 0.15) is 11.4 Å². The maximum Gasteiger partial charge on any atom is 0.250 e. The lowest BCUT2D eigenvalue weighted by Gasteiger charge is -2.06. The average Bonchev–Trinajstić information content (AvgIpc) is 3.42. The summed E-state index contributed by atoms with van der Waals surface area (Å²) < 4.78 is 7.15. The van der Waals surface area contributed by atoms with Crippen LogP contribution >= 0.6 is 11.3 Å². The molecule has 0 aliphatic rings. The van der Waals surface area contributed by atoms with Crippen molar-refractivity contribution in [2.24, 2.45) is 0 Å². The number of aromatic nitrogens is 4. The predicted octanol–water partition coefficient (Wildman–Crippen LogP) is 4.42. The Hall–Kier alpha value is -3.78. The number of hydrogen-bond acceptors (Lipinski definition) is 6. The molecular formula is C23H21N5O2S. The van der Waals surface area contributed by atoms with E-state index >= 15 is 0 Å². The highest BCUT2D eigenvalue weighted by Gasteiger charge is 2.11. The molecule has 0 aliphatic heterocycles. The summed E-state index contributed by atoms with van der Waals surface area (Å²) in [5, 5.41) is 13.4. The zero-order valence-electron chi connectivity index (χ0n) is 17.1. The van der Waals surface area contributed by atoms with Crippen LogP contribution in [0.15, 0.2) is 66.2 Å². The van der Waals surface area contributed by atoms with E-state index in [1.165, 1.54) is 17.4 Å². The fourth-order valence-electron chi connectivity index (χ4n) is 3.02. The topological polar surface area (TPSA) is 81.9 Å². The summed E-state index contributed by atoms with van der Waals surface area (Å²) in [6.45, 7) is 2.64. The SMILES string of the molecule is COc1ccc(C)cc1-c1csc(NC(=O)/C=C/c2cn(Cc3ccccc3)nn2)n1. The van der Waals surface area contributed by atoms with Crippen molar-refractivity contribution in [3.63, 3.8) is 0 Å². The van der Waals surface area contributed by atoms with Crippen molar-refractivity contribution < 1.29 is 9.53 Å². The first kappa shape index (κ1) is 20.5.